The minimum absolute atomic E-state index is 0.101. The van der Waals surface area contributed by atoms with Gasteiger partial charge in [-0.15, -0.1) is 0 Å². The van der Waals surface area contributed by atoms with Crippen LogP contribution in [0.5, 0.6) is 0 Å². The van der Waals surface area contributed by atoms with Gasteiger partial charge in [0.25, 0.3) is 5.91 Å². The molecule has 1 aliphatic carbocycles. The van der Waals surface area contributed by atoms with E-state index in [1.165, 1.54) is 0 Å². The van der Waals surface area contributed by atoms with E-state index in [1.54, 1.807) is 0 Å². The number of fused-ring (bicyclic) bond motifs is 3. The van der Waals surface area contributed by atoms with Gasteiger partial charge in [0.05, 0.1) is 16.6 Å². The molecule has 0 bridgehead atoms. The van der Waals surface area contributed by atoms with Crippen molar-refractivity contribution in [3.05, 3.63) is 76.4 Å². The van der Waals surface area contributed by atoms with Gasteiger partial charge in [-0.05, 0) is 61.2 Å². The highest BCUT2D eigenvalue weighted by Gasteiger charge is 2.29. The highest BCUT2D eigenvalue weighted by Crippen LogP contribution is 2.32. The smallest absolute Gasteiger partial charge is 0.255 e. The summed E-state index contributed by atoms with van der Waals surface area (Å²) in [6.07, 6.45) is 2.90. The van der Waals surface area contributed by atoms with Crippen molar-refractivity contribution in [1.82, 2.24) is 14.9 Å². The Kier molecular flexibility index (Phi) is 4.72. The summed E-state index contributed by atoms with van der Waals surface area (Å²) in [5.41, 5.74) is 4.85. The van der Waals surface area contributed by atoms with Crippen LogP contribution in [-0.2, 0) is 12.8 Å². The number of halogens is 1. The quantitative estimate of drug-likeness (QED) is 0.443. The Hall–Kier alpha value is -3.18. The molecule has 0 atom stereocenters. The maximum atomic E-state index is 13.7. The van der Waals surface area contributed by atoms with Crippen LogP contribution >= 0.6 is 11.6 Å². The third-order valence-corrected chi connectivity index (χ3v) is 6.90. The van der Waals surface area contributed by atoms with Gasteiger partial charge in [0.2, 0.25) is 0 Å². The van der Waals surface area contributed by atoms with Crippen molar-refractivity contribution in [3.63, 3.8) is 0 Å². The molecule has 0 saturated carbocycles. The van der Waals surface area contributed by atoms with E-state index in [2.05, 4.69) is 23.1 Å². The number of aryl methyl sites for hydroxylation is 1. The third-order valence-electron chi connectivity index (χ3n) is 6.66. The topological polar surface area (TPSA) is 49.3 Å². The molecule has 32 heavy (non-hydrogen) atoms. The summed E-state index contributed by atoms with van der Waals surface area (Å²) in [6.45, 7) is 2.88. The molecule has 1 fully saturated rings. The molecule has 0 spiro atoms. The summed E-state index contributed by atoms with van der Waals surface area (Å²) in [4.78, 5) is 27.6. The van der Waals surface area contributed by atoms with Crippen LogP contribution in [0.4, 0.5) is 5.82 Å². The van der Waals surface area contributed by atoms with Crippen LogP contribution in [0.15, 0.2) is 54.6 Å². The van der Waals surface area contributed by atoms with Gasteiger partial charge in [-0.2, -0.15) is 0 Å². The lowest BCUT2D eigenvalue weighted by atomic mass is 9.99. The number of carbonyl (C=O) groups excluding carboxylic acids is 1. The molecule has 0 radical (unpaired) electrons. The summed E-state index contributed by atoms with van der Waals surface area (Å²) < 4.78 is 0. The third kappa shape index (κ3) is 3.28. The number of para-hydroxylation sites is 1. The number of aromatic nitrogens is 2. The standard InChI is InChI=1S/C26H23ClN4O/c27-18-9-10-23-20(16-18)25(19-5-3-7-22(19)28-23)26(32)31-14-12-30(13-15-31)24-11-8-17-4-1-2-6-21(17)29-24/h1-2,4,6,8-11,16H,3,5,7,12-15H2. The summed E-state index contributed by atoms with van der Waals surface area (Å²) >= 11 is 6.29. The van der Waals surface area contributed by atoms with Crippen molar-refractivity contribution < 1.29 is 4.79 Å². The molecule has 6 rings (SSSR count). The molecule has 160 valence electrons. The number of hydrogen-bond acceptors (Lipinski definition) is 4. The first-order valence-corrected chi connectivity index (χ1v) is 11.6. The molecular weight excluding hydrogens is 420 g/mol. The van der Waals surface area contributed by atoms with E-state index in [0.29, 0.717) is 18.1 Å². The maximum Gasteiger partial charge on any atom is 0.255 e. The molecule has 6 heteroatoms. The van der Waals surface area contributed by atoms with Gasteiger partial charge in [-0.1, -0.05) is 29.8 Å². The zero-order valence-corrected chi connectivity index (χ0v) is 18.5. The summed E-state index contributed by atoms with van der Waals surface area (Å²) in [7, 11) is 0. The molecule has 4 aromatic rings. The number of nitrogens with zero attached hydrogens (tertiary/aromatic N) is 4. The highest BCUT2D eigenvalue weighted by molar-refractivity contribution is 6.31. The van der Waals surface area contributed by atoms with Gasteiger partial charge in [-0.25, -0.2) is 4.98 Å². The van der Waals surface area contributed by atoms with Crippen LogP contribution in [0, 0.1) is 0 Å². The molecule has 1 aliphatic heterocycles. The number of hydrogen-bond donors (Lipinski definition) is 0. The van der Waals surface area contributed by atoms with E-state index in [9.17, 15) is 4.79 Å². The number of pyridine rings is 2. The van der Waals surface area contributed by atoms with Gasteiger partial charge in [0.1, 0.15) is 5.82 Å². The second-order valence-corrected chi connectivity index (χ2v) is 9.00. The Labute approximate surface area is 191 Å². The van der Waals surface area contributed by atoms with Gasteiger partial charge in [0, 0.05) is 47.7 Å². The number of rotatable bonds is 2. The van der Waals surface area contributed by atoms with Gasteiger partial charge < -0.3 is 9.80 Å². The monoisotopic (exact) mass is 442 g/mol. The summed E-state index contributed by atoms with van der Waals surface area (Å²) in [6, 6.07) is 18.0. The maximum absolute atomic E-state index is 13.7. The second-order valence-electron chi connectivity index (χ2n) is 8.57. The lowest BCUT2D eigenvalue weighted by molar-refractivity contribution is 0.0747. The molecular formula is C26H23ClN4O. The van der Waals surface area contributed by atoms with Crippen molar-refractivity contribution >= 4 is 45.1 Å². The Morgan fingerprint density at radius 3 is 2.59 bits per heavy atom. The van der Waals surface area contributed by atoms with Gasteiger partial charge >= 0.3 is 0 Å². The highest BCUT2D eigenvalue weighted by atomic mass is 35.5. The van der Waals surface area contributed by atoms with Crippen molar-refractivity contribution in [3.8, 4) is 0 Å². The fourth-order valence-electron chi connectivity index (χ4n) is 5.01. The first kappa shape index (κ1) is 19.5. The molecule has 3 heterocycles. The zero-order chi connectivity index (χ0) is 21.7. The van der Waals surface area contributed by atoms with Crippen LogP contribution in [0.1, 0.15) is 28.0 Å². The van der Waals surface area contributed by atoms with E-state index in [4.69, 9.17) is 21.6 Å². The van der Waals surface area contributed by atoms with E-state index in [0.717, 1.165) is 76.8 Å². The number of amides is 1. The number of piperazine rings is 1. The van der Waals surface area contributed by atoms with E-state index < -0.39 is 0 Å². The molecule has 2 aromatic heterocycles. The van der Waals surface area contributed by atoms with Gasteiger partial charge in [-0.3, -0.25) is 9.78 Å². The molecule has 1 saturated heterocycles. The minimum atomic E-state index is 0.101. The number of anilines is 1. The van der Waals surface area contributed by atoms with Crippen LogP contribution < -0.4 is 4.90 Å². The average molecular weight is 443 g/mol. The predicted molar refractivity (Wildman–Crippen MR) is 129 cm³/mol. The molecule has 0 unspecified atom stereocenters. The Balaban J connectivity index is 1.28. The SMILES string of the molecule is O=C(c1c2c(nc3ccc(Cl)cc13)CCC2)N1CCN(c2ccc3ccccc3n2)CC1. The number of carbonyl (C=O) groups is 1. The first-order valence-electron chi connectivity index (χ1n) is 11.2. The normalized spacial score (nSPS) is 16.0. The Bertz CT molecular complexity index is 1360. The lowest BCUT2D eigenvalue weighted by Gasteiger charge is -2.36. The molecule has 2 aliphatic rings. The van der Waals surface area contributed by atoms with E-state index in [-0.39, 0.29) is 5.91 Å². The zero-order valence-electron chi connectivity index (χ0n) is 17.7. The van der Waals surface area contributed by atoms with Gasteiger partial charge in [0.15, 0.2) is 0 Å². The fourth-order valence-corrected chi connectivity index (χ4v) is 5.18. The lowest BCUT2D eigenvalue weighted by Crippen LogP contribution is -2.49. The van der Waals surface area contributed by atoms with Crippen molar-refractivity contribution in [2.45, 2.75) is 19.3 Å². The molecule has 5 nitrogen and oxygen atoms in total. The summed E-state index contributed by atoms with van der Waals surface area (Å²) in [5.74, 6) is 1.07. The van der Waals surface area contributed by atoms with E-state index in [1.807, 2.05) is 41.3 Å². The Morgan fingerprint density at radius 2 is 1.72 bits per heavy atom. The summed E-state index contributed by atoms with van der Waals surface area (Å²) in [5, 5.41) is 2.66. The van der Waals surface area contributed by atoms with Crippen LogP contribution in [0.25, 0.3) is 21.8 Å². The second kappa shape index (κ2) is 7.75. The molecule has 2 aromatic carbocycles. The predicted octanol–water partition coefficient (Wildman–Crippen LogP) is 4.89. The number of benzene rings is 2. The first-order chi connectivity index (χ1) is 15.7. The van der Waals surface area contributed by atoms with Crippen LogP contribution in [0.3, 0.4) is 0 Å². The van der Waals surface area contributed by atoms with Crippen LogP contribution in [-0.4, -0.2) is 47.0 Å². The largest absolute Gasteiger partial charge is 0.353 e. The minimum Gasteiger partial charge on any atom is -0.353 e. The molecule has 0 N–H and O–H groups in total. The van der Waals surface area contributed by atoms with E-state index >= 15 is 0 Å². The van der Waals surface area contributed by atoms with Crippen molar-refractivity contribution in [2.75, 3.05) is 31.1 Å². The van der Waals surface area contributed by atoms with Crippen LogP contribution in [0.2, 0.25) is 5.02 Å². The molecule has 1 amide bonds. The van der Waals surface area contributed by atoms with Crippen molar-refractivity contribution in [1.29, 1.82) is 0 Å². The fraction of sp³-hybridized carbons (Fsp3) is 0.269. The average Bonchev–Trinajstić information content (AvgIpc) is 3.30. The Morgan fingerprint density at radius 1 is 0.875 bits per heavy atom. The van der Waals surface area contributed by atoms with Crippen molar-refractivity contribution in [2.24, 2.45) is 0 Å².